The van der Waals surface area contributed by atoms with Crippen LogP contribution in [0.5, 0.6) is 46.0 Å². The highest BCUT2D eigenvalue weighted by atomic mass is 35.5. The third kappa shape index (κ3) is 4.77. The van der Waals surface area contributed by atoms with Crippen LogP contribution in [0, 0.1) is 0 Å². The average Bonchev–Trinajstić information content (AvgIpc) is 2.80. The molecule has 172 valence electrons. The second-order valence-corrected chi connectivity index (χ2v) is 7.30. The van der Waals surface area contributed by atoms with Crippen LogP contribution in [0.1, 0.15) is 25.0 Å². The molecule has 0 saturated carbocycles. The van der Waals surface area contributed by atoms with E-state index in [9.17, 15) is 0 Å². The minimum absolute atomic E-state index is 0.107. The summed E-state index contributed by atoms with van der Waals surface area (Å²) >= 11 is 44.5. The summed E-state index contributed by atoms with van der Waals surface area (Å²) in [5, 5.41) is 0. The Hall–Kier alpha value is -0.840. The number of hydrogen-bond acceptors (Lipinski definition) is 8. The molecule has 0 heterocycles. The van der Waals surface area contributed by atoms with Gasteiger partial charge in [-0.15, -0.1) is 0 Å². The average molecular weight is 600 g/mol. The Balaban J connectivity index is 2.96. The summed E-state index contributed by atoms with van der Waals surface area (Å²) in [5.74, 6) is -1.44. The van der Waals surface area contributed by atoms with Crippen molar-refractivity contribution < 1.29 is 34.3 Å². The van der Waals surface area contributed by atoms with Gasteiger partial charge in [0.25, 0.3) is 0 Å². The fourth-order valence-electron chi connectivity index (χ4n) is 2.83. The van der Waals surface area contributed by atoms with E-state index in [4.69, 9.17) is 121 Å². The van der Waals surface area contributed by atoms with Crippen LogP contribution in [-0.4, -0.2) is 0 Å². The van der Waals surface area contributed by atoms with Crippen LogP contribution in [0.4, 0.5) is 0 Å². The zero-order valence-corrected chi connectivity index (χ0v) is 21.0. The van der Waals surface area contributed by atoms with Crippen molar-refractivity contribution in [1.82, 2.24) is 0 Å². The van der Waals surface area contributed by atoms with Gasteiger partial charge in [0.1, 0.15) is 94.9 Å². The molecular formula is C15H8Cl8O8. The van der Waals surface area contributed by atoms with Gasteiger partial charge in [0.05, 0.1) is 0 Å². The van der Waals surface area contributed by atoms with Crippen LogP contribution in [0.25, 0.3) is 0 Å². The largest absolute Gasteiger partial charge is 0.381 e. The molecule has 0 atom stereocenters. The molecule has 0 N–H and O–H groups in total. The van der Waals surface area contributed by atoms with Crippen molar-refractivity contribution in [1.29, 1.82) is 0 Å². The van der Waals surface area contributed by atoms with Crippen LogP contribution >= 0.6 is 94.9 Å². The summed E-state index contributed by atoms with van der Waals surface area (Å²) in [7, 11) is 0. The summed E-state index contributed by atoms with van der Waals surface area (Å²) in [6, 6.07) is 2.74. The van der Waals surface area contributed by atoms with Crippen LogP contribution in [-0.2, 0) is 5.41 Å². The van der Waals surface area contributed by atoms with Gasteiger partial charge in [-0.1, -0.05) is 13.8 Å². The normalized spacial score (nSPS) is 10.9. The van der Waals surface area contributed by atoms with E-state index in [1.807, 2.05) is 0 Å². The molecule has 31 heavy (non-hydrogen) atoms. The van der Waals surface area contributed by atoms with Gasteiger partial charge in [-0.2, -0.15) is 0 Å². The molecule has 0 aliphatic carbocycles. The number of rotatable bonds is 10. The fourth-order valence-corrected chi connectivity index (χ4v) is 3.93. The van der Waals surface area contributed by atoms with Gasteiger partial charge in [0, 0.05) is 16.5 Å². The predicted octanol–water partition coefficient (Wildman–Crippen LogP) is 8.27. The smallest absolute Gasteiger partial charge is 0.238 e. The van der Waals surface area contributed by atoms with Gasteiger partial charge in [0.15, 0.2) is 23.0 Å². The van der Waals surface area contributed by atoms with E-state index < -0.39 is 5.41 Å². The number of halogens is 8. The van der Waals surface area contributed by atoms with Crippen molar-refractivity contribution in [2.75, 3.05) is 0 Å². The predicted molar refractivity (Wildman–Crippen MR) is 117 cm³/mol. The summed E-state index contributed by atoms with van der Waals surface area (Å²) in [6.07, 6.45) is 0. The molecule has 16 heteroatoms. The molecule has 0 amide bonds. The maximum Gasteiger partial charge on any atom is 0.238 e. The van der Waals surface area contributed by atoms with Crippen LogP contribution in [0.15, 0.2) is 12.1 Å². The molecule has 0 radical (unpaired) electrons. The molecule has 2 aromatic rings. The van der Waals surface area contributed by atoms with E-state index in [0.717, 1.165) is 0 Å². The Kier molecular flexibility index (Phi) is 9.66. The SMILES string of the molecule is CC(C)(c1cc(OCl)c(OCl)c(OCl)c1OCl)c1cc(OCl)c(OCl)c(OCl)c1OCl. The van der Waals surface area contributed by atoms with Crippen molar-refractivity contribution in [2.24, 2.45) is 0 Å². The van der Waals surface area contributed by atoms with E-state index in [1.165, 1.54) is 12.1 Å². The molecular weight excluding hydrogens is 592 g/mol. The van der Waals surface area contributed by atoms with E-state index >= 15 is 0 Å². The molecule has 2 rings (SSSR count). The fraction of sp³-hybridized carbons (Fsp3) is 0.200. The first-order valence-corrected chi connectivity index (χ1v) is 9.99. The molecule has 0 aliphatic rings. The minimum atomic E-state index is -1.16. The monoisotopic (exact) mass is 596 g/mol. The lowest BCUT2D eigenvalue weighted by Crippen LogP contribution is -2.21. The Morgan fingerprint density at radius 2 is 0.742 bits per heavy atom. The van der Waals surface area contributed by atoms with Gasteiger partial charge in [-0.25, -0.2) is 0 Å². The molecule has 2 aromatic carbocycles. The third-order valence-corrected chi connectivity index (χ3v) is 5.55. The van der Waals surface area contributed by atoms with Crippen molar-refractivity contribution in [3.63, 3.8) is 0 Å². The maximum absolute atomic E-state index is 5.67. The van der Waals surface area contributed by atoms with Gasteiger partial charge in [0.2, 0.25) is 23.0 Å². The van der Waals surface area contributed by atoms with Crippen molar-refractivity contribution in [2.45, 2.75) is 19.3 Å². The van der Waals surface area contributed by atoms with Crippen LogP contribution in [0.2, 0.25) is 0 Å². The van der Waals surface area contributed by atoms with Crippen molar-refractivity contribution in [3.05, 3.63) is 23.3 Å². The Morgan fingerprint density at radius 1 is 0.452 bits per heavy atom. The zero-order valence-electron chi connectivity index (χ0n) is 14.9. The molecule has 0 fully saturated rings. The van der Waals surface area contributed by atoms with Gasteiger partial charge < -0.3 is 34.3 Å². The summed E-state index contributed by atoms with van der Waals surface area (Å²) in [6.45, 7) is 3.34. The number of benzene rings is 2. The topological polar surface area (TPSA) is 73.8 Å². The lowest BCUT2D eigenvalue weighted by atomic mass is 9.76. The summed E-state index contributed by atoms with van der Waals surface area (Å²) in [4.78, 5) is 0. The molecule has 0 saturated heterocycles. The highest BCUT2D eigenvalue weighted by molar-refractivity contribution is 6.14. The lowest BCUT2D eigenvalue weighted by molar-refractivity contribution is 0.455. The van der Waals surface area contributed by atoms with Crippen molar-refractivity contribution >= 4 is 94.9 Å². The first-order valence-electron chi connectivity index (χ1n) is 7.52. The first kappa shape index (κ1) is 26.4. The Labute approximate surface area is 216 Å². The van der Waals surface area contributed by atoms with Crippen LogP contribution < -0.4 is 34.3 Å². The Bertz CT molecular complexity index is 869. The molecule has 0 bridgehead atoms. The third-order valence-electron chi connectivity index (χ3n) is 4.29. The first-order chi connectivity index (χ1) is 14.8. The van der Waals surface area contributed by atoms with Gasteiger partial charge in [-0.05, 0) is 12.1 Å². The summed E-state index contributed by atoms with van der Waals surface area (Å²) in [5.41, 5.74) is -0.657. The lowest BCUT2D eigenvalue weighted by Gasteiger charge is -2.30. The highest BCUT2D eigenvalue weighted by Crippen LogP contribution is 2.57. The second-order valence-electron chi connectivity index (χ2n) is 6.06. The van der Waals surface area contributed by atoms with E-state index in [0.29, 0.717) is 0 Å². The maximum atomic E-state index is 5.67. The highest BCUT2D eigenvalue weighted by Gasteiger charge is 2.39. The van der Waals surface area contributed by atoms with Crippen molar-refractivity contribution in [3.8, 4) is 46.0 Å². The second kappa shape index (κ2) is 11.3. The van der Waals surface area contributed by atoms with E-state index in [2.05, 4.69) is 8.58 Å². The Morgan fingerprint density at radius 3 is 0.968 bits per heavy atom. The summed E-state index contributed by atoms with van der Waals surface area (Å²) < 4.78 is 38.4. The standard InChI is InChI=1S/C15H8Cl8O8/c1-15(2,5-3-7(24-16)11(28-20)13(30-22)9(5)26-18)6-4-8(25-17)12(29-21)14(31-23)10(6)27-19/h3-4H,1-2H3. The van der Waals surface area contributed by atoms with Gasteiger partial charge in [-0.3, -0.25) is 0 Å². The molecule has 0 aromatic heterocycles. The molecule has 8 nitrogen and oxygen atoms in total. The van der Waals surface area contributed by atoms with Crippen LogP contribution in [0.3, 0.4) is 0 Å². The van der Waals surface area contributed by atoms with E-state index in [1.54, 1.807) is 13.8 Å². The van der Waals surface area contributed by atoms with Gasteiger partial charge >= 0.3 is 0 Å². The quantitative estimate of drug-likeness (QED) is 0.270. The molecule has 0 spiro atoms. The minimum Gasteiger partial charge on any atom is -0.381 e. The molecule has 0 unspecified atom stereocenters. The number of hydrogen-bond donors (Lipinski definition) is 0. The zero-order chi connectivity index (χ0) is 23.3. The van der Waals surface area contributed by atoms with E-state index in [-0.39, 0.29) is 57.1 Å². The molecule has 0 aliphatic heterocycles.